The van der Waals surface area contributed by atoms with Crippen LogP contribution in [0.3, 0.4) is 0 Å². The molecule has 18 heavy (non-hydrogen) atoms. The van der Waals surface area contributed by atoms with Crippen LogP contribution in [0.2, 0.25) is 0 Å². The van der Waals surface area contributed by atoms with Crippen LogP contribution in [0.15, 0.2) is 6.07 Å². The zero-order chi connectivity index (χ0) is 14.1. The predicted octanol–water partition coefficient (Wildman–Crippen LogP) is 2.24. The summed E-state index contributed by atoms with van der Waals surface area (Å²) in [5.41, 5.74) is 1.46. The minimum absolute atomic E-state index is 0.0261. The Morgan fingerprint density at radius 1 is 1.22 bits per heavy atom. The number of aliphatic hydroxyl groups excluding tert-OH is 1. The Hall–Kier alpha value is -1.86. The van der Waals surface area contributed by atoms with Gasteiger partial charge >= 0.3 is 0 Å². The van der Waals surface area contributed by atoms with E-state index in [-0.39, 0.29) is 19.1 Å². The largest absolute Gasteiger partial charge is 0.508 e. The highest BCUT2D eigenvalue weighted by atomic mass is 16.7. The van der Waals surface area contributed by atoms with Crippen molar-refractivity contribution in [1.29, 1.82) is 0 Å². The molecule has 0 bridgehead atoms. The third kappa shape index (κ3) is 3.31. The smallest absolute Gasteiger partial charge is 0.231 e. The maximum absolute atomic E-state index is 9.57. The average molecular weight is 252 g/mol. The molecule has 2 rings (SSSR count). The van der Waals surface area contributed by atoms with Gasteiger partial charge in [0.25, 0.3) is 0 Å². The molecule has 1 aromatic rings. The standard InChI is InChI=1S/C10H12O4.C2H6.C2H2/c1-6-8(12)4-7(2-3-11)10-9(6)13-5-14-10;2*1-2/h4,11-12H,2-3,5H2,1H3;1-2H3;1-2H. The van der Waals surface area contributed by atoms with Crippen molar-refractivity contribution >= 4 is 0 Å². The molecule has 100 valence electrons. The van der Waals surface area contributed by atoms with Crippen LogP contribution in [-0.4, -0.2) is 23.6 Å². The van der Waals surface area contributed by atoms with Crippen molar-refractivity contribution in [1.82, 2.24) is 0 Å². The monoisotopic (exact) mass is 252 g/mol. The molecular formula is C14H20O4. The molecule has 1 aliphatic heterocycles. The summed E-state index contributed by atoms with van der Waals surface area (Å²) in [4.78, 5) is 0. The van der Waals surface area contributed by atoms with Gasteiger partial charge in [0.05, 0.1) is 0 Å². The van der Waals surface area contributed by atoms with Crippen LogP contribution in [-0.2, 0) is 6.42 Å². The first-order valence-electron chi connectivity index (χ1n) is 5.79. The maximum Gasteiger partial charge on any atom is 0.231 e. The van der Waals surface area contributed by atoms with Crippen molar-refractivity contribution in [2.24, 2.45) is 0 Å². The van der Waals surface area contributed by atoms with Gasteiger partial charge in [0, 0.05) is 17.7 Å². The molecule has 4 heteroatoms. The second-order valence-electron chi connectivity index (χ2n) is 3.22. The van der Waals surface area contributed by atoms with Crippen molar-refractivity contribution < 1.29 is 19.7 Å². The summed E-state index contributed by atoms with van der Waals surface area (Å²) in [6.07, 6.45) is 8.46. The van der Waals surface area contributed by atoms with Gasteiger partial charge in [-0.1, -0.05) is 13.8 Å². The SMILES string of the molecule is C#C.CC.Cc1c(O)cc(CCO)c2c1OCO2. The van der Waals surface area contributed by atoms with Crippen molar-refractivity contribution in [2.45, 2.75) is 27.2 Å². The molecule has 0 saturated heterocycles. The summed E-state index contributed by atoms with van der Waals surface area (Å²) < 4.78 is 10.5. The Balaban J connectivity index is 0.000000659. The number of fused-ring (bicyclic) bond motifs is 1. The Kier molecular flexibility index (Phi) is 7.41. The highest BCUT2D eigenvalue weighted by Crippen LogP contribution is 2.42. The van der Waals surface area contributed by atoms with E-state index in [0.29, 0.717) is 23.5 Å². The van der Waals surface area contributed by atoms with E-state index >= 15 is 0 Å². The Labute approximate surface area is 108 Å². The Morgan fingerprint density at radius 3 is 2.33 bits per heavy atom. The third-order valence-corrected chi connectivity index (χ3v) is 2.32. The van der Waals surface area contributed by atoms with Gasteiger partial charge < -0.3 is 19.7 Å². The summed E-state index contributed by atoms with van der Waals surface area (Å²) in [5, 5.41) is 18.4. The molecule has 0 unspecified atom stereocenters. The number of benzene rings is 1. The van der Waals surface area contributed by atoms with Gasteiger partial charge in [-0.15, -0.1) is 12.8 Å². The molecule has 2 N–H and O–H groups in total. The molecule has 0 amide bonds. The highest BCUT2D eigenvalue weighted by molar-refractivity contribution is 5.58. The van der Waals surface area contributed by atoms with Gasteiger partial charge in [0.1, 0.15) is 5.75 Å². The number of aliphatic hydroxyl groups is 1. The topological polar surface area (TPSA) is 58.9 Å². The molecule has 4 nitrogen and oxygen atoms in total. The van der Waals surface area contributed by atoms with Crippen LogP contribution >= 0.6 is 0 Å². The number of phenols is 1. The van der Waals surface area contributed by atoms with Crippen LogP contribution in [0.25, 0.3) is 0 Å². The van der Waals surface area contributed by atoms with Crippen LogP contribution in [0.1, 0.15) is 25.0 Å². The summed E-state index contributed by atoms with van der Waals surface area (Å²) in [6.45, 7) is 5.97. The molecule has 0 aliphatic carbocycles. The minimum atomic E-state index is 0.0261. The zero-order valence-corrected chi connectivity index (χ0v) is 11.1. The fraction of sp³-hybridized carbons (Fsp3) is 0.429. The van der Waals surface area contributed by atoms with Gasteiger partial charge in [0.2, 0.25) is 6.79 Å². The number of phenolic OH excluding ortho intramolecular Hbond substituents is 1. The molecule has 1 heterocycles. The Bertz CT molecular complexity index is 397. The van der Waals surface area contributed by atoms with Crippen LogP contribution in [0.5, 0.6) is 17.2 Å². The molecule has 0 aromatic heterocycles. The molecule has 0 saturated carbocycles. The first-order chi connectivity index (χ1) is 8.74. The average Bonchev–Trinajstić information content (AvgIpc) is 2.90. The number of hydrogen-bond donors (Lipinski definition) is 2. The fourth-order valence-electron chi connectivity index (χ4n) is 1.56. The molecule has 0 radical (unpaired) electrons. The summed E-state index contributed by atoms with van der Waals surface area (Å²) in [7, 11) is 0. The number of aromatic hydroxyl groups is 1. The van der Waals surface area contributed by atoms with E-state index in [9.17, 15) is 5.11 Å². The quantitative estimate of drug-likeness (QED) is 0.792. The molecular weight excluding hydrogens is 232 g/mol. The van der Waals surface area contributed by atoms with E-state index in [2.05, 4.69) is 12.8 Å². The number of terminal acetylenes is 1. The highest BCUT2D eigenvalue weighted by Gasteiger charge is 2.22. The number of hydrogen-bond acceptors (Lipinski definition) is 4. The van der Waals surface area contributed by atoms with Gasteiger partial charge in [0.15, 0.2) is 11.5 Å². The van der Waals surface area contributed by atoms with Crippen molar-refractivity contribution in [3.63, 3.8) is 0 Å². The lowest BCUT2D eigenvalue weighted by Gasteiger charge is -2.08. The zero-order valence-electron chi connectivity index (χ0n) is 11.1. The van der Waals surface area contributed by atoms with E-state index in [0.717, 1.165) is 5.56 Å². The second kappa shape index (κ2) is 8.26. The molecule has 1 aliphatic rings. The molecule has 0 fully saturated rings. The predicted molar refractivity (Wildman–Crippen MR) is 71.0 cm³/mol. The van der Waals surface area contributed by atoms with Crippen LogP contribution < -0.4 is 9.47 Å². The van der Waals surface area contributed by atoms with Crippen LogP contribution in [0.4, 0.5) is 0 Å². The van der Waals surface area contributed by atoms with E-state index < -0.39 is 0 Å². The number of ether oxygens (including phenoxy) is 2. The van der Waals surface area contributed by atoms with Gasteiger partial charge in [-0.3, -0.25) is 0 Å². The first-order valence-corrected chi connectivity index (χ1v) is 5.79. The molecule has 0 atom stereocenters. The lowest BCUT2D eigenvalue weighted by molar-refractivity contribution is 0.172. The third-order valence-electron chi connectivity index (χ3n) is 2.32. The number of rotatable bonds is 2. The summed E-state index contributed by atoms with van der Waals surface area (Å²) in [6, 6.07) is 1.61. The molecule has 0 spiro atoms. The van der Waals surface area contributed by atoms with E-state index in [1.807, 2.05) is 13.8 Å². The molecule has 1 aromatic carbocycles. The second-order valence-corrected chi connectivity index (χ2v) is 3.22. The summed E-state index contributed by atoms with van der Waals surface area (Å²) in [5.74, 6) is 1.42. The minimum Gasteiger partial charge on any atom is -0.508 e. The fourth-order valence-corrected chi connectivity index (χ4v) is 1.56. The van der Waals surface area contributed by atoms with Gasteiger partial charge in [-0.2, -0.15) is 0 Å². The van der Waals surface area contributed by atoms with Gasteiger partial charge in [-0.25, -0.2) is 0 Å². The lowest BCUT2D eigenvalue weighted by atomic mass is 10.1. The lowest BCUT2D eigenvalue weighted by Crippen LogP contribution is -1.96. The van der Waals surface area contributed by atoms with E-state index in [1.54, 1.807) is 13.0 Å². The summed E-state index contributed by atoms with van der Waals surface area (Å²) >= 11 is 0. The first kappa shape index (κ1) is 16.1. The normalized spacial score (nSPS) is 10.8. The van der Waals surface area contributed by atoms with Crippen molar-refractivity contribution in [3.05, 3.63) is 17.2 Å². The van der Waals surface area contributed by atoms with Crippen LogP contribution in [0, 0.1) is 19.8 Å². The maximum atomic E-state index is 9.57. The Morgan fingerprint density at radius 2 is 1.78 bits per heavy atom. The van der Waals surface area contributed by atoms with E-state index in [1.165, 1.54) is 0 Å². The van der Waals surface area contributed by atoms with Crippen molar-refractivity contribution in [3.8, 4) is 30.1 Å². The van der Waals surface area contributed by atoms with Crippen molar-refractivity contribution in [2.75, 3.05) is 13.4 Å². The van der Waals surface area contributed by atoms with Gasteiger partial charge in [-0.05, 0) is 19.4 Å². The van der Waals surface area contributed by atoms with E-state index in [4.69, 9.17) is 14.6 Å².